The predicted octanol–water partition coefficient (Wildman–Crippen LogP) is 1.37. The molecule has 1 unspecified atom stereocenters. The number of nitrogens with zero attached hydrogens (tertiary/aromatic N) is 2. The molecule has 1 atom stereocenters. The fraction of sp³-hybridized carbons (Fsp3) is 0.867. The molecule has 2 N–H and O–H groups in total. The smallest absolute Gasteiger partial charge is 0.329 e. The van der Waals surface area contributed by atoms with E-state index in [1.165, 1.54) is 4.90 Å². The summed E-state index contributed by atoms with van der Waals surface area (Å²) in [4.78, 5) is 27.6. The number of likely N-dealkylation sites (tertiary alicyclic amines) is 2. The van der Waals surface area contributed by atoms with Crippen LogP contribution >= 0.6 is 0 Å². The molecular formula is C15H27N3O3. The van der Waals surface area contributed by atoms with Gasteiger partial charge in [0, 0.05) is 13.1 Å². The minimum Gasteiger partial charge on any atom is -0.480 e. The molecule has 2 heterocycles. The van der Waals surface area contributed by atoms with Gasteiger partial charge in [-0.3, -0.25) is 0 Å². The predicted molar refractivity (Wildman–Crippen MR) is 80.2 cm³/mol. The van der Waals surface area contributed by atoms with Crippen LogP contribution < -0.4 is 5.32 Å². The Morgan fingerprint density at radius 2 is 1.95 bits per heavy atom. The number of carboxylic acids is 1. The number of rotatable bonds is 4. The van der Waals surface area contributed by atoms with Crippen LogP contribution in [0.2, 0.25) is 0 Å². The van der Waals surface area contributed by atoms with Gasteiger partial charge in [-0.15, -0.1) is 0 Å². The van der Waals surface area contributed by atoms with Crippen LogP contribution in [-0.2, 0) is 4.79 Å². The van der Waals surface area contributed by atoms with E-state index in [9.17, 15) is 14.7 Å². The molecule has 2 fully saturated rings. The molecule has 0 aromatic rings. The third kappa shape index (κ3) is 3.48. The number of amides is 2. The van der Waals surface area contributed by atoms with Crippen molar-refractivity contribution in [2.24, 2.45) is 5.92 Å². The molecule has 2 aliphatic rings. The summed E-state index contributed by atoms with van der Waals surface area (Å²) in [5.41, 5.74) is -1.05. The fourth-order valence-electron chi connectivity index (χ4n) is 3.35. The summed E-state index contributed by atoms with van der Waals surface area (Å²) in [6.45, 7) is 8.26. The van der Waals surface area contributed by atoms with Gasteiger partial charge in [0.15, 0.2) is 0 Å². The average Bonchev–Trinajstić information content (AvgIpc) is 2.89. The molecule has 2 saturated heterocycles. The first-order chi connectivity index (χ1) is 9.97. The summed E-state index contributed by atoms with van der Waals surface area (Å²) in [5, 5.41) is 12.3. The van der Waals surface area contributed by atoms with E-state index in [4.69, 9.17) is 0 Å². The quantitative estimate of drug-likeness (QED) is 0.822. The van der Waals surface area contributed by atoms with Gasteiger partial charge in [-0.2, -0.15) is 0 Å². The lowest BCUT2D eigenvalue weighted by Crippen LogP contribution is -2.54. The average molecular weight is 297 g/mol. The molecule has 2 aliphatic heterocycles. The maximum Gasteiger partial charge on any atom is 0.329 e. The normalized spacial score (nSPS) is 27.8. The van der Waals surface area contributed by atoms with Crippen LogP contribution in [0.1, 0.15) is 39.5 Å². The van der Waals surface area contributed by atoms with Crippen molar-refractivity contribution >= 4 is 12.0 Å². The number of aliphatic carboxylic acids is 1. The van der Waals surface area contributed by atoms with E-state index in [2.05, 4.69) is 17.1 Å². The minimum atomic E-state index is -1.05. The van der Waals surface area contributed by atoms with Crippen molar-refractivity contribution in [3.63, 3.8) is 0 Å². The molecule has 0 spiro atoms. The molecule has 2 amide bonds. The molecule has 0 radical (unpaired) electrons. The van der Waals surface area contributed by atoms with Crippen LogP contribution in [0.5, 0.6) is 0 Å². The summed E-state index contributed by atoms with van der Waals surface area (Å²) in [7, 11) is 0. The first-order valence-electron chi connectivity index (χ1n) is 7.98. The number of hydrogen-bond acceptors (Lipinski definition) is 3. The van der Waals surface area contributed by atoms with Crippen molar-refractivity contribution in [3.8, 4) is 0 Å². The van der Waals surface area contributed by atoms with E-state index in [1.54, 1.807) is 6.92 Å². The number of urea groups is 1. The van der Waals surface area contributed by atoms with Crippen LogP contribution in [0.4, 0.5) is 4.79 Å². The Labute approximate surface area is 126 Å². The summed E-state index contributed by atoms with van der Waals surface area (Å²) in [6, 6.07) is -0.227. The molecular weight excluding hydrogens is 270 g/mol. The Kier molecular flexibility index (Phi) is 5.08. The highest BCUT2D eigenvalue weighted by Gasteiger charge is 2.45. The zero-order chi connectivity index (χ0) is 15.5. The largest absolute Gasteiger partial charge is 0.480 e. The lowest BCUT2D eigenvalue weighted by Gasteiger charge is -2.33. The van der Waals surface area contributed by atoms with E-state index in [0.29, 0.717) is 25.4 Å². The molecule has 21 heavy (non-hydrogen) atoms. The lowest BCUT2D eigenvalue weighted by atomic mass is 9.97. The van der Waals surface area contributed by atoms with Crippen molar-refractivity contribution in [1.82, 2.24) is 15.1 Å². The molecule has 6 nitrogen and oxygen atoms in total. The van der Waals surface area contributed by atoms with Crippen molar-refractivity contribution in [2.45, 2.75) is 45.1 Å². The van der Waals surface area contributed by atoms with E-state index >= 15 is 0 Å². The van der Waals surface area contributed by atoms with E-state index in [-0.39, 0.29) is 6.03 Å². The molecule has 6 heteroatoms. The van der Waals surface area contributed by atoms with Crippen LogP contribution in [-0.4, -0.2) is 65.2 Å². The van der Waals surface area contributed by atoms with E-state index in [0.717, 1.165) is 38.9 Å². The number of carbonyl (C=O) groups excluding carboxylic acids is 1. The zero-order valence-electron chi connectivity index (χ0n) is 13.1. The molecule has 2 rings (SSSR count). The van der Waals surface area contributed by atoms with Gasteiger partial charge in [0.25, 0.3) is 0 Å². The maximum absolute atomic E-state index is 12.3. The number of nitrogens with one attached hydrogen (secondary N) is 1. The number of hydrogen-bond donors (Lipinski definition) is 2. The molecule has 0 aromatic heterocycles. The monoisotopic (exact) mass is 297 g/mol. The summed E-state index contributed by atoms with van der Waals surface area (Å²) in [6.07, 6.45) is 3.49. The van der Waals surface area contributed by atoms with Gasteiger partial charge >= 0.3 is 12.0 Å². The van der Waals surface area contributed by atoms with E-state index < -0.39 is 11.5 Å². The summed E-state index contributed by atoms with van der Waals surface area (Å²) < 4.78 is 0. The second kappa shape index (κ2) is 6.64. The van der Waals surface area contributed by atoms with Crippen LogP contribution in [0, 0.1) is 5.92 Å². The van der Waals surface area contributed by atoms with Gasteiger partial charge in [0.2, 0.25) is 0 Å². The zero-order valence-corrected chi connectivity index (χ0v) is 13.1. The highest BCUT2D eigenvalue weighted by Crippen LogP contribution is 2.29. The Balaban J connectivity index is 1.81. The SMILES string of the molecule is CCN1CCC(CNC(=O)N2CCCC2(C)C(=O)O)CC1. The minimum absolute atomic E-state index is 0.227. The highest BCUT2D eigenvalue weighted by molar-refractivity contribution is 5.86. The third-order valence-corrected chi connectivity index (χ3v) is 5.04. The van der Waals surface area contributed by atoms with Gasteiger partial charge in [0.05, 0.1) is 0 Å². The molecule has 0 saturated carbocycles. The molecule has 0 aliphatic carbocycles. The highest BCUT2D eigenvalue weighted by atomic mass is 16.4. The van der Waals surface area contributed by atoms with Gasteiger partial charge in [-0.25, -0.2) is 9.59 Å². The first kappa shape index (κ1) is 16.1. The van der Waals surface area contributed by atoms with Gasteiger partial charge < -0.3 is 20.2 Å². The third-order valence-electron chi connectivity index (χ3n) is 5.04. The Morgan fingerprint density at radius 3 is 2.52 bits per heavy atom. The number of carbonyl (C=O) groups is 2. The Hall–Kier alpha value is -1.30. The standard InChI is InChI=1S/C15H27N3O3/c1-3-17-9-5-12(6-10-17)11-16-14(21)18-8-4-7-15(18,2)13(19)20/h12H,3-11H2,1-2H3,(H,16,21)(H,19,20). The Morgan fingerprint density at radius 1 is 1.29 bits per heavy atom. The van der Waals surface area contributed by atoms with Crippen molar-refractivity contribution in [2.75, 3.05) is 32.7 Å². The van der Waals surface area contributed by atoms with E-state index in [1.807, 2.05) is 0 Å². The van der Waals surface area contributed by atoms with Crippen molar-refractivity contribution in [3.05, 3.63) is 0 Å². The van der Waals surface area contributed by atoms with Gasteiger partial charge in [-0.1, -0.05) is 6.92 Å². The molecule has 0 bridgehead atoms. The van der Waals surface area contributed by atoms with Crippen LogP contribution in [0.3, 0.4) is 0 Å². The van der Waals surface area contributed by atoms with Crippen molar-refractivity contribution < 1.29 is 14.7 Å². The van der Waals surface area contributed by atoms with Crippen molar-refractivity contribution in [1.29, 1.82) is 0 Å². The first-order valence-corrected chi connectivity index (χ1v) is 7.98. The summed E-state index contributed by atoms with van der Waals surface area (Å²) in [5.74, 6) is -0.401. The Bertz CT molecular complexity index is 394. The van der Waals surface area contributed by atoms with Crippen LogP contribution in [0.25, 0.3) is 0 Å². The molecule has 0 aromatic carbocycles. The summed E-state index contributed by atoms with van der Waals surface area (Å²) >= 11 is 0. The second-order valence-electron chi connectivity index (χ2n) is 6.40. The fourth-order valence-corrected chi connectivity index (χ4v) is 3.35. The number of carboxylic acid groups (broad SMARTS) is 1. The maximum atomic E-state index is 12.3. The molecule has 120 valence electrons. The topological polar surface area (TPSA) is 72.9 Å². The second-order valence-corrected chi connectivity index (χ2v) is 6.40. The number of piperidine rings is 1. The van der Waals surface area contributed by atoms with Crippen LogP contribution in [0.15, 0.2) is 0 Å². The van der Waals surface area contributed by atoms with Gasteiger partial charge in [-0.05, 0) is 58.2 Å². The van der Waals surface area contributed by atoms with Gasteiger partial charge in [0.1, 0.15) is 5.54 Å². The lowest BCUT2D eigenvalue weighted by molar-refractivity contribution is -0.147.